The number of nitrogens with zero attached hydrogens (tertiary/aromatic N) is 3. The second-order valence-electron chi connectivity index (χ2n) is 6.56. The van der Waals surface area contributed by atoms with Gasteiger partial charge in [-0.15, -0.1) is 11.3 Å². The topological polar surface area (TPSA) is 58.1 Å². The van der Waals surface area contributed by atoms with Gasteiger partial charge in [-0.3, -0.25) is 9.78 Å². The summed E-state index contributed by atoms with van der Waals surface area (Å²) in [6.07, 6.45) is 11.8. The molecule has 0 aromatic carbocycles. The molecule has 1 fully saturated rings. The Morgan fingerprint density at radius 3 is 2.83 bits per heavy atom. The summed E-state index contributed by atoms with van der Waals surface area (Å²) in [7, 11) is 0. The fourth-order valence-electron chi connectivity index (χ4n) is 3.65. The predicted octanol–water partition coefficient (Wildman–Crippen LogP) is 2.82. The van der Waals surface area contributed by atoms with Gasteiger partial charge in [0.1, 0.15) is 5.82 Å². The summed E-state index contributed by atoms with van der Waals surface area (Å²) in [4.78, 5) is 24.8. The second-order valence-corrected chi connectivity index (χ2v) is 7.52. The van der Waals surface area contributed by atoms with E-state index >= 15 is 0 Å². The van der Waals surface area contributed by atoms with Crippen molar-refractivity contribution in [3.05, 3.63) is 40.0 Å². The zero-order valence-corrected chi connectivity index (χ0v) is 14.5. The Hall–Kier alpha value is -1.95. The van der Waals surface area contributed by atoms with E-state index in [4.69, 9.17) is 0 Å². The molecule has 3 heterocycles. The zero-order chi connectivity index (χ0) is 16.4. The first-order valence-corrected chi connectivity index (χ1v) is 9.60. The van der Waals surface area contributed by atoms with Gasteiger partial charge in [0.2, 0.25) is 0 Å². The molecular formula is C18H22N4OS. The molecule has 2 aliphatic rings. The molecule has 4 rings (SSSR count). The highest BCUT2D eigenvalue weighted by Gasteiger charge is 2.25. The fourth-order valence-corrected chi connectivity index (χ4v) is 4.78. The van der Waals surface area contributed by atoms with Gasteiger partial charge in [0, 0.05) is 41.8 Å². The van der Waals surface area contributed by atoms with E-state index in [1.807, 2.05) is 0 Å². The summed E-state index contributed by atoms with van der Waals surface area (Å²) in [5.41, 5.74) is 2.23. The number of fused-ring (bicyclic) bond motifs is 1. The Bertz CT molecular complexity index is 707. The molecule has 0 radical (unpaired) electrons. The van der Waals surface area contributed by atoms with E-state index in [1.54, 1.807) is 29.9 Å². The Kier molecular flexibility index (Phi) is 4.47. The van der Waals surface area contributed by atoms with Crippen LogP contribution in [0.1, 0.15) is 46.5 Å². The number of aryl methyl sites for hydroxylation is 1. The molecule has 5 nitrogen and oxygen atoms in total. The number of amides is 1. The van der Waals surface area contributed by atoms with E-state index in [0.717, 1.165) is 50.2 Å². The third-order valence-corrected chi connectivity index (χ3v) is 6.10. The summed E-state index contributed by atoms with van der Waals surface area (Å²) in [5.74, 6) is 1.04. The molecule has 0 saturated carbocycles. The number of rotatable bonds is 3. The number of thiophene rings is 1. The lowest BCUT2D eigenvalue weighted by atomic mass is 9.95. The van der Waals surface area contributed by atoms with Crippen LogP contribution in [0.15, 0.2) is 24.0 Å². The lowest BCUT2D eigenvalue weighted by Gasteiger charge is -2.33. The first kappa shape index (κ1) is 15.6. The van der Waals surface area contributed by atoms with Crippen molar-refractivity contribution in [1.29, 1.82) is 0 Å². The number of carbonyl (C=O) groups excluding carboxylic acids is 1. The molecule has 24 heavy (non-hydrogen) atoms. The molecule has 1 amide bonds. The zero-order valence-electron chi connectivity index (χ0n) is 13.7. The predicted molar refractivity (Wildman–Crippen MR) is 95.7 cm³/mol. The molecule has 0 unspecified atom stereocenters. The lowest BCUT2D eigenvalue weighted by molar-refractivity contribution is 0.0930. The Morgan fingerprint density at radius 2 is 2.04 bits per heavy atom. The normalized spacial score (nSPS) is 18.2. The molecule has 0 atom stereocenters. The Balaban J connectivity index is 1.35. The van der Waals surface area contributed by atoms with Crippen LogP contribution in [-0.4, -0.2) is 35.0 Å². The molecule has 2 aromatic heterocycles. The minimum atomic E-state index is 0.118. The van der Waals surface area contributed by atoms with Crippen molar-refractivity contribution in [3.63, 3.8) is 0 Å². The van der Waals surface area contributed by atoms with E-state index in [1.165, 1.54) is 23.3 Å². The summed E-state index contributed by atoms with van der Waals surface area (Å²) < 4.78 is 0. The van der Waals surface area contributed by atoms with Crippen LogP contribution in [0.3, 0.4) is 0 Å². The smallest absolute Gasteiger partial charge is 0.252 e. The Labute approximate surface area is 146 Å². The second kappa shape index (κ2) is 6.89. The molecule has 6 heteroatoms. The molecule has 1 N–H and O–H groups in total. The number of anilines is 1. The number of piperidine rings is 1. The number of nitrogens with one attached hydrogen (secondary N) is 1. The van der Waals surface area contributed by atoms with Crippen LogP contribution in [0.2, 0.25) is 0 Å². The van der Waals surface area contributed by atoms with Gasteiger partial charge in [0.05, 0.1) is 11.8 Å². The number of hydrogen-bond acceptors (Lipinski definition) is 5. The third-order valence-electron chi connectivity index (χ3n) is 5.01. The minimum absolute atomic E-state index is 0.118. The molecule has 1 saturated heterocycles. The Morgan fingerprint density at radius 1 is 1.21 bits per heavy atom. The minimum Gasteiger partial charge on any atom is -0.355 e. The van der Waals surface area contributed by atoms with Gasteiger partial charge in [-0.25, -0.2) is 4.98 Å². The maximum atomic E-state index is 12.7. The van der Waals surface area contributed by atoms with Crippen molar-refractivity contribution in [2.75, 3.05) is 18.0 Å². The average Bonchev–Trinajstić information content (AvgIpc) is 3.07. The largest absolute Gasteiger partial charge is 0.355 e. The highest BCUT2D eigenvalue weighted by atomic mass is 32.1. The van der Waals surface area contributed by atoms with Crippen molar-refractivity contribution in [2.24, 2.45) is 0 Å². The molecule has 2 aromatic rings. The van der Waals surface area contributed by atoms with Gasteiger partial charge in [-0.2, -0.15) is 0 Å². The average molecular weight is 342 g/mol. The van der Waals surface area contributed by atoms with Crippen LogP contribution in [-0.2, 0) is 12.8 Å². The van der Waals surface area contributed by atoms with Crippen molar-refractivity contribution < 1.29 is 4.79 Å². The molecule has 0 spiro atoms. The highest BCUT2D eigenvalue weighted by molar-refractivity contribution is 7.10. The van der Waals surface area contributed by atoms with Crippen molar-refractivity contribution in [2.45, 2.75) is 44.6 Å². The summed E-state index contributed by atoms with van der Waals surface area (Å²) in [6, 6.07) is 0.254. The molecule has 1 aliphatic carbocycles. The SMILES string of the molecule is O=C(NC1CCN(c2cnccn2)CC1)c1csc2c1CCCC2. The molecule has 126 valence electrons. The van der Waals surface area contributed by atoms with Crippen LogP contribution in [0.4, 0.5) is 5.82 Å². The van der Waals surface area contributed by atoms with E-state index < -0.39 is 0 Å². The third kappa shape index (κ3) is 3.15. The van der Waals surface area contributed by atoms with E-state index in [2.05, 4.69) is 25.6 Å². The number of hydrogen-bond donors (Lipinski definition) is 1. The lowest BCUT2D eigenvalue weighted by Crippen LogP contribution is -2.45. The summed E-state index contributed by atoms with van der Waals surface area (Å²) in [6.45, 7) is 1.82. The van der Waals surface area contributed by atoms with Gasteiger partial charge < -0.3 is 10.2 Å². The number of aromatic nitrogens is 2. The molecule has 1 aliphatic heterocycles. The van der Waals surface area contributed by atoms with Gasteiger partial charge >= 0.3 is 0 Å². The van der Waals surface area contributed by atoms with Crippen LogP contribution in [0.25, 0.3) is 0 Å². The van der Waals surface area contributed by atoms with Gasteiger partial charge in [0.25, 0.3) is 5.91 Å². The van der Waals surface area contributed by atoms with E-state index in [-0.39, 0.29) is 11.9 Å². The maximum Gasteiger partial charge on any atom is 0.252 e. The van der Waals surface area contributed by atoms with Crippen molar-refractivity contribution in [3.8, 4) is 0 Å². The van der Waals surface area contributed by atoms with Crippen molar-refractivity contribution >= 4 is 23.1 Å². The fraction of sp³-hybridized carbons (Fsp3) is 0.500. The monoisotopic (exact) mass is 342 g/mol. The van der Waals surface area contributed by atoms with E-state index in [0.29, 0.717) is 0 Å². The van der Waals surface area contributed by atoms with Crippen LogP contribution in [0.5, 0.6) is 0 Å². The van der Waals surface area contributed by atoms with Crippen LogP contribution >= 0.6 is 11.3 Å². The standard InChI is InChI=1S/C18H22N4OS/c23-18(15-12-24-16-4-2-1-3-14(15)16)21-13-5-9-22(10-6-13)17-11-19-7-8-20-17/h7-8,11-13H,1-6,9-10H2,(H,21,23). The maximum absolute atomic E-state index is 12.7. The number of carbonyl (C=O) groups is 1. The summed E-state index contributed by atoms with van der Waals surface area (Å²) >= 11 is 1.76. The molecular weight excluding hydrogens is 320 g/mol. The first-order chi connectivity index (χ1) is 11.8. The van der Waals surface area contributed by atoms with Gasteiger partial charge in [-0.05, 0) is 44.1 Å². The van der Waals surface area contributed by atoms with Gasteiger partial charge in [0.15, 0.2) is 0 Å². The van der Waals surface area contributed by atoms with Crippen molar-refractivity contribution in [1.82, 2.24) is 15.3 Å². The van der Waals surface area contributed by atoms with Crippen LogP contribution < -0.4 is 10.2 Å². The quantitative estimate of drug-likeness (QED) is 0.932. The highest BCUT2D eigenvalue weighted by Crippen LogP contribution is 2.30. The van der Waals surface area contributed by atoms with E-state index in [9.17, 15) is 4.79 Å². The molecule has 0 bridgehead atoms. The first-order valence-electron chi connectivity index (χ1n) is 8.72. The van der Waals surface area contributed by atoms with Gasteiger partial charge in [-0.1, -0.05) is 0 Å². The van der Waals surface area contributed by atoms with Crippen LogP contribution in [0, 0.1) is 0 Å². The summed E-state index contributed by atoms with van der Waals surface area (Å²) in [5, 5.41) is 5.30.